The maximum absolute atomic E-state index is 4.42. The van der Waals surface area contributed by atoms with Gasteiger partial charge in [-0.2, -0.15) is 5.10 Å². The topological polar surface area (TPSA) is 29.9 Å². The summed E-state index contributed by atoms with van der Waals surface area (Å²) in [6.07, 6.45) is 3.44. The Kier molecular flexibility index (Phi) is 2.68. The van der Waals surface area contributed by atoms with Gasteiger partial charge < -0.3 is 5.32 Å². The van der Waals surface area contributed by atoms with E-state index in [9.17, 15) is 0 Å². The van der Waals surface area contributed by atoms with E-state index in [0.29, 0.717) is 0 Å². The summed E-state index contributed by atoms with van der Waals surface area (Å²) in [6, 6.07) is 2.15. The van der Waals surface area contributed by atoms with E-state index in [2.05, 4.69) is 34.2 Å². The van der Waals surface area contributed by atoms with Gasteiger partial charge in [-0.3, -0.25) is 4.68 Å². The lowest BCUT2D eigenvalue weighted by atomic mass is 10.2. The molecule has 0 atom stereocenters. The standard InChI is InChI=1S/C11H17N3/c1-3-14-11(6-9(2)13-14)7-10-4-5-12-8-10/h6-7,12H,3-5,8H2,1-2H3/b10-7-. The maximum Gasteiger partial charge on any atom is 0.0612 e. The van der Waals surface area contributed by atoms with Crippen molar-refractivity contribution in [2.24, 2.45) is 0 Å². The van der Waals surface area contributed by atoms with Gasteiger partial charge in [0.05, 0.1) is 11.4 Å². The van der Waals surface area contributed by atoms with E-state index >= 15 is 0 Å². The van der Waals surface area contributed by atoms with Gasteiger partial charge in [-0.25, -0.2) is 0 Å². The minimum absolute atomic E-state index is 0.945. The molecule has 0 saturated carbocycles. The molecule has 0 spiro atoms. The average Bonchev–Trinajstić information content (AvgIpc) is 2.76. The number of nitrogens with zero attached hydrogens (tertiary/aromatic N) is 2. The van der Waals surface area contributed by atoms with Gasteiger partial charge in [0.25, 0.3) is 0 Å². The van der Waals surface area contributed by atoms with Crippen molar-refractivity contribution in [3.63, 3.8) is 0 Å². The number of hydrogen-bond acceptors (Lipinski definition) is 2. The summed E-state index contributed by atoms with van der Waals surface area (Å²) < 4.78 is 2.06. The molecule has 3 heteroatoms. The molecular weight excluding hydrogens is 174 g/mol. The number of nitrogens with one attached hydrogen (secondary N) is 1. The van der Waals surface area contributed by atoms with Crippen molar-refractivity contribution >= 4 is 6.08 Å². The Morgan fingerprint density at radius 1 is 1.64 bits per heavy atom. The highest BCUT2D eigenvalue weighted by Crippen LogP contribution is 2.13. The fourth-order valence-corrected chi connectivity index (χ4v) is 1.85. The van der Waals surface area contributed by atoms with Crippen LogP contribution in [0.3, 0.4) is 0 Å². The van der Waals surface area contributed by atoms with Gasteiger partial charge in [-0.1, -0.05) is 5.57 Å². The third kappa shape index (κ3) is 1.87. The zero-order valence-electron chi connectivity index (χ0n) is 8.88. The van der Waals surface area contributed by atoms with Gasteiger partial charge in [0.1, 0.15) is 0 Å². The summed E-state index contributed by atoms with van der Waals surface area (Å²) >= 11 is 0. The van der Waals surface area contributed by atoms with E-state index in [-0.39, 0.29) is 0 Å². The summed E-state index contributed by atoms with van der Waals surface area (Å²) in [7, 11) is 0. The fraction of sp³-hybridized carbons (Fsp3) is 0.545. The van der Waals surface area contributed by atoms with Crippen molar-refractivity contribution in [1.82, 2.24) is 15.1 Å². The summed E-state index contributed by atoms with van der Waals surface area (Å²) in [5, 5.41) is 7.76. The van der Waals surface area contributed by atoms with Crippen LogP contribution in [0.15, 0.2) is 11.6 Å². The summed E-state index contributed by atoms with van der Waals surface area (Å²) in [5.41, 5.74) is 3.83. The Hall–Kier alpha value is -1.09. The lowest BCUT2D eigenvalue weighted by Gasteiger charge is -2.00. The van der Waals surface area contributed by atoms with Gasteiger partial charge in [-0.15, -0.1) is 0 Å². The van der Waals surface area contributed by atoms with E-state index in [4.69, 9.17) is 0 Å². The molecule has 2 heterocycles. The largest absolute Gasteiger partial charge is 0.313 e. The van der Waals surface area contributed by atoms with Crippen LogP contribution in [0.5, 0.6) is 0 Å². The minimum Gasteiger partial charge on any atom is -0.313 e. The first-order valence-corrected chi connectivity index (χ1v) is 5.24. The highest BCUT2D eigenvalue weighted by atomic mass is 15.3. The van der Waals surface area contributed by atoms with Gasteiger partial charge in [0.15, 0.2) is 0 Å². The summed E-state index contributed by atoms with van der Waals surface area (Å²) in [6.45, 7) is 7.27. The van der Waals surface area contributed by atoms with Crippen LogP contribution in [0, 0.1) is 6.92 Å². The third-order valence-corrected chi connectivity index (χ3v) is 2.56. The van der Waals surface area contributed by atoms with Crippen LogP contribution in [-0.2, 0) is 6.54 Å². The monoisotopic (exact) mass is 191 g/mol. The molecule has 1 aromatic heterocycles. The molecule has 0 aromatic carbocycles. The molecule has 3 nitrogen and oxygen atoms in total. The molecule has 1 aliphatic heterocycles. The first-order valence-electron chi connectivity index (χ1n) is 5.24. The Morgan fingerprint density at radius 2 is 2.50 bits per heavy atom. The van der Waals surface area contributed by atoms with E-state index in [0.717, 1.165) is 25.3 Å². The van der Waals surface area contributed by atoms with Crippen LogP contribution in [-0.4, -0.2) is 22.9 Å². The molecule has 1 saturated heterocycles. The second-order valence-electron chi connectivity index (χ2n) is 3.76. The van der Waals surface area contributed by atoms with Crippen LogP contribution in [0.25, 0.3) is 6.08 Å². The molecule has 1 aliphatic rings. The second kappa shape index (κ2) is 3.96. The summed E-state index contributed by atoms with van der Waals surface area (Å²) in [5.74, 6) is 0. The average molecular weight is 191 g/mol. The van der Waals surface area contributed by atoms with Gasteiger partial charge in [0, 0.05) is 13.1 Å². The van der Waals surface area contributed by atoms with Crippen LogP contribution in [0.4, 0.5) is 0 Å². The predicted octanol–water partition coefficient (Wildman–Crippen LogP) is 1.59. The third-order valence-electron chi connectivity index (χ3n) is 2.56. The molecule has 0 amide bonds. The lowest BCUT2D eigenvalue weighted by Crippen LogP contribution is -2.05. The van der Waals surface area contributed by atoms with Crippen LogP contribution >= 0.6 is 0 Å². The van der Waals surface area contributed by atoms with Crippen LogP contribution < -0.4 is 5.32 Å². The summed E-state index contributed by atoms with van der Waals surface area (Å²) in [4.78, 5) is 0. The Morgan fingerprint density at radius 3 is 3.14 bits per heavy atom. The zero-order valence-corrected chi connectivity index (χ0v) is 8.88. The SMILES string of the molecule is CCn1nc(C)cc1/C=C1/CCNC1. The predicted molar refractivity (Wildman–Crippen MR) is 58.1 cm³/mol. The maximum atomic E-state index is 4.42. The van der Waals surface area contributed by atoms with E-state index in [1.54, 1.807) is 0 Å². The highest BCUT2D eigenvalue weighted by molar-refractivity contribution is 5.51. The number of aryl methyl sites for hydroxylation is 2. The molecule has 76 valence electrons. The molecule has 1 aromatic rings. The molecule has 0 aliphatic carbocycles. The van der Waals surface area contributed by atoms with Crippen molar-refractivity contribution < 1.29 is 0 Å². The molecule has 0 radical (unpaired) electrons. The van der Waals surface area contributed by atoms with Crippen LogP contribution in [0.1, 0.15) is 24.7 Å². The van der Waals surface area contributed by atoms with Crippen molar-refractivity contribution in [2.75, 3.05) is 13.1 Å². The first-order chi connectivity index (χ1) is 6.79. The second-order valence-corrected chi connectivity index (χ2v) is 3.76. The molecule has 14 heavy (non-hydrogen) atoms. The van der Waals surface area contributed by atoms with E-state index in [1.165, 1.54) is 17.7 Å². The van der Waals surface area contributed by atoms with Crippen molar-refractivity contribution in [2.45, 2.75) is 26.8 Å². The number of aromatic nitrogens is 2. The molecule has 1 fully saturated rings. The molecule has 0 bridgehead atoms. The normalized spacial score (nSPS) is 19.4. The van der Waals surface area contributed by atoms with E-state index < -0.39 is 0 Å². The number of hydrogen-bond donors (Lipinski definition) is 1. The fourth-order valence-electron chi connectivity index (χ4n) is 1.85. The molecule has 2 rings (SSSR count). The molecule has 0 unspecified atom stereocenters. The van der Waals surface area contributed by atoms with Crippen molar-refractivity contribution in [3.05, 3.63) is 23.0 Å². The van der Waals surface area contributed by atoms with Gasteiger partial charge in [0.2, 0.25) is 0 Å². The minimum atomic E-state index is 0.945. The van der Waals surface area contributed by atoms with Gasteiger partial charge >= 0.3 is 0 Å². The Bertz CT molecular complexity index is 341. The Balaban J connectivity index is 2.26. The zero-order chi connectivity index (χ0) is 9.97. The molecular formula is C11H17N3. The quantitative estimate of drug-likeness (QED) is 0.769. The Labute approximate surface area is 84.8 Å². The van der Waals surface area contributed by atoms with Crippen molar-refractivity contribution in [1.29, 1.82) is 0 Å². The lowest BCUT2D eigenvalue weighted by molar-refractivity contribution is 0.647. The first kappa shape index (κ1) is 9.46. The number of rotatable bonds is 2. The van der Waals surface area contributed by atoms with E-state index in [1.807, 2.05) is 6.92 Å². The van der Waals surface area contributed by atoms with Gasteiger partial charge in [-0.05, 0) is 39.0 Å². The highest BCUT2D eigenvalue weighted by Gasteiger charge is 2.07. The van der Waals surface area contributed by atoms with Crippen LogP contribution in [0.2, 0.25) is 0 Å². The van der Waals surface area contributed by atoms with Crippen molar-refractivity contribution in [3.8, 4) is 0 Å². The smallest absolute Gasteiger partial charge is 0.0612 e. The molecule has 1 N–H and O–H groups in total.